The molecule has 1 amide bonds. The van der Waals surface area contributed by atoms with Crippen LogP contribution in [0.3, 0.4) is 0 Å². The Morgan fingerprint density at radius 3 is 2.50 bits per heavy atom. The number of ketones is 1. The number of hydrogen-bond donors (Lipinski definition) is 0. The third kappa shape index (κ3) is 4.31. The quantitative estimate of drug-likeness (QED) is 0.433. The molecule has 7 nitrogen and oxygen atoms in total. The van der Waals surface area contributed by atoms with E-state index < -0.39 is 12.1 Å². The summed E-state index contributed by atoms with van der Waals surface area (Å²) in [7, 11) is 0. The average Bonchev–Trinajstić information content (AvgIpc) is 2.70. The van der Waals surface area contributed by atoms with Crippen molar-refractivity contribution in [2.75, 3.05) is 24.7 Å². The number of Topliss-reactive ketones (excluding diaryl/α,β-unsaturated/α-hetero) is 1. The molecule has 28 heavy (non-hydrogen) atoms. The van der Waals surface area contributed by atoms with E-state index >= 15 is 0 Å². The van der Waals surface area contributed by atoms with Gasteiger partial charge in [-0.15, -0.1) is 0 Å². The Morgan fingerprint density at radius 2 is 1.75 bits per heavy atom. The lowest BCUT2D eigenvalue weighted by molar-refractivity contribution is -0.152. The van der Waals surface area contributed by atoms with Crippen LogP contribution in [0.1, 0.15) is 24.2 Å². The number of hydrogen-bond acceptors (Lipinski definition) is 6. The maximum Gasteiger partial charge on any atom is 0.349 e. The van der Waals surface area contributed by atoms with Crippen molar-refractivity contribution < 1.29 is 28.6 Å². The molecule has 0 unspecified atom stereocenters. The van der Waals surface area contributed by atoms with Crippen LogP contribution in [0.25, 0.3) is 0 Å². The van der Waals surface area contributed by atoms with Crippen molar-refractivity contribution >= 4 is 23.3 Å². The van der Waals surface area contributed by atoms with Crippen LogP contribution in [-0.2, 0) is 14.3 Å². The minimum Gasteiger partial charge on any atom is -0.489 e. The molecule has 0 radical (unpaired) electrons. The molecular formula is C21H21NO6. The van der Waals surface area contributed by atoms with Crippen molar-refractivity contribution in [2.45, 2.75) is 20.0 Å². The van der Waals surface area contributed by atoms with Crippen LogP contribution < -0.4 is 14.4 Å². The van der Waals surface area contributed by atoms with E-state index in [0.717, 1.165) is 0 Å². The van der Waals surface area contributed by atoms with Gasteiger partial charge < -0.3 is 19.1 Å². The van der Waals surface area contributed by atoms with Gasteiger partial charge >= 0.3 is 5.97 Å². The van der Waals surface area contributed by atoms with Gasteiger partial charge in [0.05, 0.1) is 17.8 Å². The van der Waals surface area contributed by atoms with E-state index in [2.05, 4.69) is 0 Å². The molecule has 2 aromatic carbocycles. The van der Waals surface area contributed by atoms with Gasteiger partial charge in [0.15, 0.2) is 5.78 Å². The molecule has 2 aromatic rings. The third-order valence-electron chi connectivity index (χ3n) is 4.27. The van der Waals surface area contributed by atoms with Gasteiger partial charge in [-0.3, -0.25) is 9.59 Å². The molecule has 1 heterocycles. The van der Waals surface area contributed by atoms with Crippen molar-refractivity contribution in [1.82, 2.24) is 0 Å². The molecule has 1 aliphatic heterocycles. The molecule has 3 rings (SSSR count). The largest absolute Gasteiger partial charge is 0.489 e. The number of para-hydroxylation sites is 3. The lowest BCUT2D eigenvalue weighted by Gasteiger charge is -2.33. The minimum atomic E-state index is -0.914. The van der Waals surface area contributed by atoms with E-state index in [4.69, 9.17) is 14.2 Å². The Balaban J connectivity index is 1.56. The van der Waals surface area contributed by atoms with E-state index in [1.54, 1.807) is 48.5 Å². The average molecular weight is 383 g/mol. The fourth-order valence-corrected chi connectivity index (χ4v) is 2.93. The first kappa shape index (κ1) is 19.4. The highest BCUT2D eigenvalue weighted by molar-refractivity contribution is 5.97. The Kier molecular flexibility index (Phi) is 5.93. The molecular weight excluding hydrogens is 362 g/mol. The van der Waals surface area contributed by atoms with Gasteiger partial charge in [0, 0.05) is 6.92 Å². The van der Waals surface area contributed by atoms with Crippen molar-refractivity contribution in [3.63, 3.8) is 0 Å². The second-order valence-electron chi connectivity index (χ2n) is 6.27. The van der Waals surface area contributed by atoms with Crippen molar-refractivity contribution in [3.8, 4) is 11.5 Å². The van der Waals surface area contributed by atoms with Crippen LogP contribution in [0.15, 0.2) is 48.5 Å². The Bertz CT molecular complexity index is 894. The summed E-state index contributed by atoms with van der Waals surface area (Å²) < 4.78 is 16.5. The number of carbonyl (C=O) groups is 3. The maximum atomic E-state index is 12.4. The van der Waals surface area contributed by atoms with Gasteiger partial charge in [-0.1, -0.05) is 24.3 Å². The SMILES string of the molecule is CC(=O)c1ccccc1OCCOC(=O)[C@@H]1CN(C(C)=O)c2ccccc2O1. The van der Waals surface area contributed by atoms with Gasteiger partial charge in [0.2, 0.25) is 12.0 Å². The summed E-state index contributed by atoms with van der Waals surface area (Å²) in [5.74, 6) is 0.0299. The number of fused-ring (bicyclic) bond motifs is 1. The van der Waals surface area contributed by atoms with Crippen LogP contribution in [0, 0.1) is 0 Å². The molecule has 0 saturated carbocycles. The Hall–Kier alpha value is -3.35. The summed E-state index contributed by atoms with van der Waals surface area (Å²) >= 11 is 0. The van der Waals surface area contributed by atoms with Crippen molar-refractivity contribution in [2.24, 2.45) is 0 Å². The topological polar surface area (TPSA) is 82.1 Å². The number of esters is 1. The van der Waals surface area contributed by atoms with E-state index in [0.29, 0.717) is 22.7 Å². The van der Waals surface area contributed by atoms with E-state index in [1.165, 1.54) is 18.7 Å². The van der Waals surface area contributed by atoms with Crippen molar-refractivity contribution in [1.29, 1.82) is 0 Å². The number of rotatable bonds is 6. The van der Waals surface area contributed by atoms with Crippen LogP contribution >= 0.6 is 0 Å². The monoisotopic (exact) mass is 383 g/mol. The molecule has 7 heteroatoms. The molecule has 0 aliphatic carbocycles. The standard InChI is InChI=1S/C21H21NO6/c1-14(23)16-7-3-5-9-18(16)26-11-12-27-21(25)20-13-22(15(2)24)17-8-4-6-10-19(17)28-20/h3-10,20H,11-13H2,1-2H3/t20-/m0/s1. The molecule has 1 atom stereocenters. The molecule has 0 fully saturated rings. The molecule has 0 saturated heterocycles. The molecule has 146 valence electrons. The second kappa shape index (κ2) is 8.56. The predicted octanol–water partition coefficient (Wildman–Crippen LogP) is 2.63. The third-order valence-corrected chi connectivity index (χ3v) is 4.27. The Labute approximate surface area is 162 Å². The molecule has 0 spiro atoms. The summed E-state index contributed by atoms with van der Waals surface area (Å²) in [6.07, 6.45) is -0.914. The number of nitrogens with zero attached hydrogens (tertiary/aromatic N) is 1. The van der Waals surface area contributed by atoms with Gasteiger partial charge in [-0.2, -0.15) is 0 Å². The summed E-state index contributed by atoms with van der Waals surface area (Å²) in [6, 6.07) is 13.9. The van der Waals surface area contributed by atoms with Crippen LogP contribution in [-0.4, -0.2) is 43.5 Å². The van der Waals surface area contributed by atoms with Crippen LogP contribution in [0.2, 0.25) is 0 Å². The highest BCUT2D eigenvalue weighted by Gasteiger charge is 2.33. The molecule has 1 aliphatic rings. The highest BCUT2D eigenvalue weighted by Crippen LogP contribution is 2.33. The summed E-state index contributed by atoms with van der Waals surface area (Å²) in [4.78, 5) is 37.3. The Morgan fingerprint density at radius 1 is 1.04 bits per heavy atom. The van der Waals surface area contributed by atoms with Gasteiger partial charge in [0.1, 0.15) is 24.7 Å². The minimum absolute atomic E-state index is 0.00729. The first-order valence-electron chi connectivity index (χ1n) is 8.90. The molecule has 0 bridgehead atoms. The lowest BCUT2D eigenvalue weighted by Crippen LogP contribution is -2.47. The van der Waals surface area contributed by atoms with Gasteiger partial charge in [-0.05, 0) is 31.2 Å². The predicted molar refractivity (Wildman–Crippen MR) is 102 cm³/mol. The van der Waals surface area contributed by atoms with E-state index in [1.807, 2.05) is 0 Å². The first-order chi connectivity index (χ1) is 13.5. The van der Waals surface area contributed by atoms with Gasteiger partial charge in [-0.25, -0.2) is 4.79 Å². The number of benzene rings is 2. The number of carbonyl (C=O) groups excluding carboxylic acids is 3. The lowest BCUT2D eigenvalue weighted by atomic mass is 10.1. The molecule has 0 aromatic heterocycles. The summed E-state index contributed by atoms with van der Waals surface area (Å²) in [6.45, 7) is 3.06. The van der Waals surface area contributed by atoms with Crippen LogP contribution in [0.4, 0.5) is 5.69 Å². The van der Waals surface area contributed by atoms with Crippen molar-refractivity contribution in [3.05, 3.63) is 54.1 Å². The van der Waals surface area contributed by atoms with E-state index in [-0.39, 0.29) is 31.4 Å². The zero-order valence-corrected chi connectivity index (χ0v) is 15.7. The number of amides is 1. The van der Waals surface area contributed by atoms with E-state index in [9.17, 15) is 14.4 Å². The van der Waals surface area contributed by atoms with Crippen LogP contribution in [0.5, 0.6) is 11.5 Å². The number of ether oxygens (including phenoxy) is 3. The first-order valence-corrected chi connectivity index (χ1v) is 8.90. The highest BCUT2D eigenvalue weighted by atomic mass is 16.6. The normalized spacial score (nSPS) is 15.2. The zero-order chi connectivity index (χ0) is 20.1. The fraction of sp³-hybridized carbons (Fsp3) is 0.286. The fourth-order valence-electron chi connectivity index (χ4n) is 2.93. The second-order valence-corrected chi connectivity index (χ2v) is 6.27. The summed E-state index contributed by atoms with van der Waals surface area (Å²) in [5.41, 5.74) is 1.10. The smallest absolute Gasteiger partial charge is 0.349 e. The summed E-state index contributed by atoms with van der Waals surface area (Å²) in [5, 5.41) is 0. The maximum absolute atomic E-state index is 12.4. The zero-order valence-electron chi connectivity index (χ0n) is 15.7. The number of anilines is 1. The molecule has 0 N–H and O–H groups in total. The van der Waals surface area contributed by atoms with Gasteiger partial charge in [0.25, 0.3) is 0 Å².